The van der Waals surface area contributed by atoms with E-state index in [1.165, 1.54) is 0 Å². The summed E-state index contributed by atoms with van der Waals surface area (Å²) in [6.45, 7) is 5.72. The van der Waals surface area contributed by atoms with Crippen molar-refractivity contribution in [3.8, 4) is 12.3 Å². The van der Waals surface area contributed by atoms with Crippen molar-refractivity contribution in [3.05, 3.63) is 0 Å². The molecule has 0 aliphatic carbocycles. The average Bonchev–Trinajstić information content (AvgIpc) is 2.59. The highest BCUT2D eigenvalue weighted by atomic mass is 16.5. The van der Waals surface area contributed by atoms with Gasteiger partial charge in [0.15, 0.2) is 0 Å². The lowest BCUT2D eigenvalue weighted by Crippen LogP contribution is -2.51. The second-order valence-electron chi connectivity index (χ2n) is 4.47. The van der Waals surface area contributed by atoms with Gasteiger partial charge in [0.2, 0.25) is 5.91 Å². The minimum Gasteiger partial charge on any atom is -0.379 e. The van der Waals surface area contributed by atoms with Gasteiger partial charge in [-0.15, -0.1) is 6.42 Å². The monoisotopic (exact) mass is 224 g/mol. The van der Waals surface area contributed by atoms with Crippen molar-refractivity contribution in [2.75, 3.05) is 26.3 Å². The Kier molecular flexibility index (Phi) is 4.34. The maximum absolute atomic E-state index is 12.3. The molecule has 1 amide bonds. The lowest BCUT2D eigenvalue weighted by Gasteiger charge is -2.32. The summed E-state index contributed by atoms with van der Waals surface area (Å²) in [4.78, 5) is 14.0. The van der Waals surface area contributed by atoms with Crippen LogP contribution in [0, 0.1) is 17.8 Å². The third-order valence-corrected chi connectivity index (χ3v) is 3.07. The third kappa shape index (κ3) is 2.37. The van der Waals surface area contributed by atoms with Gasteiger partial charge in [0.25, 0.3) is 0 Å². The van der Waals surface area contributed by atoms with Gasteiger partial charge < -0.3 is 15.4 Å². The van der Waals surface area contributed by atoms with E-state index in [1.807, 2.05) is 13.8 Å². The average molecular weight is 224 g/mol. The number of rotatable bonds is 4. The highest BCUT2D eigenvalue weighted by Gasteiger charge is 2.46. The molecule has 0 bridgehead atoms. The Hall–Kier alpha value is -1.05. The van der Waals surface area contributed by atoms with Gasteiger partial charge in [0.1, 0.15) is 0 Å². The Morgan fingerprint density at radius 2 is 2.44 bits per heavy atom. The number of nitrogens with zero attached hydrogens (tertiary/aromatic N) is 1. The van der Waals surface area contributed by atoms with Crippen LogP contribution in [-0.4, -0.2) is 43.2 Å². The van der Waals surface area contributed by atoms with Crippen LogP contribution in [0.15, 0.2) is 0 Å². The van der Waals surface area contributed by atoms with E-state index in [1.54, 1.807) is 4.90 Å². The van der Waals surface area contributed by atoms with E-state index in [9.17, 15) is 4.79 Å². The summed E-state index contributed by atoms with van der Waals surface area (Å²) in [6, 6.07) is -0.239. The number of carbonyl (C=O) groups excluding carboxylic acids is 1. The fourth-order valence-electron chi connectivity index (χ4n) is 1.90. The van der Waals surface area contributed by atoms with Crippen LogP contribution in [0.2, 0.25) is 0 Å². The number of hydrogen-bond acceptors (Lipinski definition) is 3. The molecule has 1 rings (SSSR count). The Bertz CT molecular complexity index is 298. The van der Waals surface area contributed by atoms with Gasteiger partial charge in [-0.05, 0) is 13.3 Å². The van der Waals surface area contributed by atoms with Crippen LogP contribution >= 0.6 is 0 Å². The summed E-state index contributed by atoms with van der Waals surface area (Å²) < 4.78 is 5.28. The van der Waals surface area contributed by atoms with Gasteiger partial charge in [-0.2, -0.15) is 0 Å². The molecule has 2 N–H and O–H groups in total. The Labute approximate surface area is 97.1 Å². The standard InChI is InChI=1S/C12H20N2O2/c1-4-6-14(7-5-2)11(15)12(3)9-16-8-10(12)13/h1,10H,5-9,13H2,2-3H3. The van der Waals surface area contributed by atoms with Crippen LogP contribution in [-0.2, 0) is 9.53 Å². The van der Waals surface area contributed by atoms with Crippen LogP contribution in [0.25, 0.3) is 0 Å². The van der Waals surface area contributed by atoms with Crippen LogP contribution < -0.4 is 5.73 Å². The van der Waals surface area contributed by atoms with Gasteiger partial charge in [-0.3, -0.25) is 4.79 Å². The molecule has 0 aromatic heterocycles. The molecule has 0 spiro atoms. The van der Waals surface area contributed by atoms with Crippen LogP contribution in [0.4, 0.5) is 0 Å². The molecule has 1 saturated heterocycles. The first kappa shape index (κ1) is 13.0. The van der Waals surface area contributed by atoms with E-state index in [0.717, 1.165) is 6.42 Å². The molecule has 1 fully saturated rings. The molecule has 1 heterocycles. The van der Waals surface area contributed by atoms with Crippen LogP contribution in [0.3, 0.4) is 0 Å². The minimum absolute atomic E-state index is 0.0114. The molecule has 90 valence electrons. The van der Waals surface area contributed by atoms with E-state index in [-0.39, 0.29) is 11.9 Å². The van der Waals surface area contributed by atoms with Crippen molar-refractivity contribution in [2.45, 2.75) is 26.3 Å². The topological polar surface area (TPSA) is 55.6 Å². The summed E-state index contributed by atoms with van der Waals surface area (Å²) in [7, 11) is 0. The smallest absolute Gasteiger partial charge is 0.233 e. The highest BCUT2D eigenvalue weighted by Crippen LogP contribution is 2.29. The number of hydrogen-bond donors (Lipinski definition) is 1. The molecular formula is C12H20N2O2. The Balaban J connectivity index is 2.77. The van der Waals surface area contributed by atoms with Crippen molar-refractivity contribution in [1.82, 2.24) is 4.90 Å². The molecule has 0 radical (unpaired) electrons. The SMILES string of the molecule is C#CCN(CCC)C(=O)C1(C)COCC1N. The molecule has 0 aromatic rings. The largest absolute Gasteiger partial charge is 0.379 e. The predicted molar refractivity (Wildman–Crippen MR) is 62.6 cm³/mol. The van der Waals surface area contributed by atoms with E-state index in [2.05, 4.69) is 5.92 Å². The summed E-state index contributed by atoms with van der Waals surface area (Å²) >= 11 is 0. The number of ether oxygens (including phenoxy) is 1. The normalized spacial score (nSPS) is 28.8. The molecule has 4 heteroatoms. The molecule has 2 unspecified atom stereocenters. The molecule has 1 aliphatic rings. The second kappa shape index (κ2) is 5.33. The maximum Gasteiger partial charge on any atom is 0.233 e. The molecule has 0 saturated carbocycles. The summed E-state index contributed by atoms with van der Waals surface area (Å²) in [5.74, 6) is 2.52. The second-order valence-corrected chi connectivity index (χ2v) is 4.47. The first-order valence-corrected chi connectivity index (χ1v) is 5.62. The van der Waals surface area contributed by atoms with Crippen molar-refractivity contribution in [1.29, 1.82) is 0 Å². The molecule has 16 heavy (non-hydrogen) atoms. The lowest BCUT2D eigenvalue weighted by atomic mass is 9.84. The molecule has 2 atom stereocenters. The predicted octanol–water partition coefficient (Wildman–Crippen LogP) is 0.222. The minimum atomic E-state index is -0.619. The maximum atomic E-state index is 12.3. The quantitative estimate of drug-likeness (QED) is 0.695. The lowest BCUT2D eigenvalue weighted by molar-refractivity contribution is -0.141. The van der Waals surface area contributed by atoms with Gasteiger partial charge in [0, 0.05) is 12.6 Å². The van der Waals surface area contributed by atoms with Crippen LogP contribution in [0.5, 0.6) is 0 Å². The number of nitrogens with two attached hydrogens (primary N) is 1. The van der Waals surface area contributed by atoms with E-state index >= 15 is 0 Å². The molecular weight excluding hydrogens is 204 g/mol. The van der Waals surface area contributed by atoms with Gasteiger partial charge in [-0.1, -0.05) is 12.8 Å². The van der Waals surface area contributed by atoms with Gasteiger partial charge >= 0.3 is 0 Å². The molecule has 0 aromatic carbocycles. The number of terminal acetylenes is 1. The fraction of sp³-hybridized carbons (Fsp3) is 0.750. The highest BCUT2D eigenvalue weighted by molar-refractivity contribution is 5.84. The molecule has 4 nitrogen and oxygen atoms in total. The van der Waals surface area contributed by atoms with Crippen molar-refractivity contribution < 1.29 is 9.53 Å². The number of carbonyl (C=O) groups is 1. The van der Waals surface area contributed by atoms with Crippen molar-refractivity contribution in [2.24, 2.45) is 11.1 Å². The zero-order valence-electron chi connectivity index (χ0n) is 10.0. The Morgan fingerprint density at radius 1 is 1.75 bits per heavy atom. The summed E-state index contributed by atoms with van der Waals surface area (Å²) in [5.41, 5.74) is 5.30. The Morgan fingerprint density at radius 3 is 2.88 bits per heavy atom. The third-order valence-electron chi connectivity index (χ3n) is 3.07. The number of amides is 1. The molecule has 1 aliphatic heterocycles. The van der Waals surface area contributed by atoms with Gasteiger partial charge in [-0.25, -0.2) is 0 Å². The van der Waals surface area contributed by atoms with E-state index in [4.69, 9.17) is 16.9 Å². The van der Waals surface area contributed by atoms with Crippen molar-refractivity contribution in [3.63, 3.8) is 0 Å². The zero-order valence-corrected chi connectivity index (χ0v) is 10.0. The van der Waals surface area contributed by atoms with E-state index < -0.39 is 5.41 Å². The summed E-state index contributed by atoms with van der Waals surface area (Å²) in [5, 5.41) is 0. The first-order valence-electron chi connectivity index (χ1n) is 5.62. The first-order chi connectivity index (χ1) is 7.56. The van der Waals surface area contributed by atoms with Crippen molar-refractivity contribution >= 4 is 5.91 Å². The van der Waals surface area contributed by atoms with Crippen LogP contribution in [0.1, 0.15) is 20.3 Å². The van der Waals surface area contributed by atoms with Gasteiger partial charge in [0.05, 0.1) is 25.2 Å². The zero-order chi connectivity index (χ0) is 12.2. The summed E-state index contributed by atoms with van der Waals surface area (Å²) in [6.07, 6.45) is 6.16. The fourth-order valence-corrected chi connectivity index (χ4v) is 1.90. The van der Waals surface area contributed by atoms with E-state index in [0.29, 0.717) is 26.3 Å².